The van der Waals surface area contributed by atoms with Gasteiger partial charge in [0.25, 0.3) is 0 Å². The zero-order valence-corrected chi connectivity index (χ0v) is 13.0. The van der Waals surface area contributed by atoms with E-state index in [0.717, 1.165) is 6.42 Å². The molecule has 1 aliphatic rings. The first-order chi connectivity index (χ1) is 9.56. The fourth-order valence-corrected chi connectivity index (χ4v) is 2.65. The van der Waals surface area contributed by atoms with Crippen molar-refractivity contribution in [2.24, 2.45) is 5.92 Å². The van der Waals surface area contributed by atoms with Crippen LogP contribution >= 0.6 is 0 Å². The highest BCUT2D eigenvalue weighted by molar-refractivity contribution is 5.79. The molecular weight excluding hydrogens is 256 g/mol. The van der Waals surface area contributed by atoms with E-state index in [4.69, 9.17) is 4.74 Å². The van der Waals surface area contributed by atoms with E-state index in [1.54, 1.807) is 11.8 Å². The molecule has 2 atom stereocenters. The molecule has 20 heavy (non-hydrogen) atoms. The summed E-state index contributed by atoms with van der Waals surface area (Å²) in [6.07, 6.45) is 4.70. The number of esters is 1. The van der Waals surface area contributed by atoms with Gasteiger partial charge in [-0.1, -0.05) is 26.7 Å². The van der Waals surface area contributed by atoms with Crippen molar-refractivity contribution in [1.82, 2.24) is 10.2 Å². The van der Waals surface area contributed by atoms with Crippen molar-refractivity contribution in [2.45, 2.75) is 52.5 Å². The van der Waals surface area contributed by atoms with Gasteiger partial charge in [0.05, 0.1) is 19.7 Å². The number of rotatable bonds is 7. The molecule has 1 saturated carbocycles. The number of hydrogen-bond donors (Lipinski definition) is 1. The lowest BCUT2D eigenvalue weighted by Gasteiger charge is -2.30. The standard InChI is InChI=1S/C15H28N2O3/c1-4-17(11-15(19)20-5-2)10-14(18)16-13-9-7-6-8-12(13)3/h12-13H,4-11H2,1-3H3,(H,16,18). The second-order valence-corrected chi connectivity index (χ2v) is 5.54. The van der Waals surface area contributed by atoms with Gasteiger partial charge in [0.15, 0.2) is 0 Å². The van der Waals surface area contributed by atoms with Gasteiger partial charge in [0.2, 0.25) is 5.91 Å². The molecule has 1 amide bonds. The number of hydrogen-bond acceptors (Lipinski definition) is 4. The zero-order chi connectivity index (χ0) is 15.0. The lowest BCUT2D eigenvalue weighted by Crippen LogP contribution is -2.46. The highest BCUT2D eigenvalue weighted by Gasteiger charge is 2.23. The average molecular weight is 284 g/mol. The van der Waals surface area contributed by atoms with Crippen molar-refractivity contribution < 1.29 is 14.3 Å². The molecule has 1 rings (SSSR count). The van der Waals surface area contributed by atoms with Crippen molar-refractivity contribution in [1.29, 1.82) is 0 Å². The van der Waals surface area contributed by atoms with Crippen molar-refractivity contribution in [3.05, 3.63) is 0 Å². The summed E-state index contributed by atoms with van der Waals surface area (Å²) in [6, 6.07) is 0.289. The first-order valence-corrected chi connectivity index (χ1v) is 7.74. The van der Waals surface area contributed by atoms with Crippen LogP contribution in [0.1, 0.15) is 46.5 Å². The zero-order valence-electron chi connectivity index (χ0n) is 13.0. The Bertz CT molecular complexity index is 320. The first kappa shape index (κ1) is 17.0. The second kappa shape index (κ2) is 8.95. The van der Waals surface area contributed by atoms with E-state index >= 15 is 0 Å². The van der Waals surface area contributed by atoms with Crippen LogP contribution in [0.25, 0.3) is 0 Å². The summed E-state index contributed by atoms with van der Waals surface area (Å²) < 4.78 is 4.91. The molecule has 0 aromatic carbocycles. The summed E-state index contributed by atoms with van der Waals surface area (Å²) in [4.78, 5) is 25.3. The van der Waals surface area contributed by atoms with E-state index in [0.29, 0.717) is 19.1 Å². The minimum absolute atomic E-state index is 0.00917. The lowest BCUT2D eigenvalue weighted by molar-refractivity contribution is -0.144. The fraction of sp³-hybridized carbons (Fsp3) is 0.867. The smallest absolute Gasteiger partial charge is 0.320 e. The summed E-state index contributed by atoms with van der Waals surface area (Å²) >= 11 is 0. The van der Waals surface area contributed by atoms with E-state index < -0.39 is 0 Å². The number of carbonyl (C=O) groups is 2. The quantitative estimate of drug-likeness (QED) is 0.721. The predicted octanol–water partition coefficient (Wildman–Crippen LogP) is 1.57. The van der Waals surface area contributed by atoms with Gasteiger partial charge in [0, 0.05) is 6.04 Å². The number of nitrogens with zero attached hydrogens (tertiary/aromatic N) is 1. The topological polar surface area (TPSA) is 58.6 Å². The summed E-state index contributed by atoms with van der Waals surface area (Å²) in [5.41, 5.74) is 0. The van der Waals surface area contributed by atoms with Gasteiger partial charge >= 0.3 is 5.97 Å². The highest BCUT2D eigenvalue weighted by atomic mass is 16.5. The summed E-state index contributed by atoms with van der Waals surface area (Å²) in [5, 5.41) is 3.11. The van der Waals surface area contributed by atoms with Crippen LogP contribution in [0, 0.1) is 5.92 Å². The molecule has 1 N–H and O–H groups in total. The van der Waals surface area contributed by atoms with Crippen molar-refractivity contribution in [3.8, 4) is 0 Å². The molecule has 0 bridgehead atoms. The molecule has 0 aliphatic heterocycles. The van der Waals surface area contributed by atoms with Gasteiger partial charge in [-0.2, -0.15) is 0 Å². The number of carbonyl (C=O) groups excluding carboxylic acids is 2. The normalized spacial score (nSPS) is 22.6. The van der Waals surface area contributed by atoms with E-state index in [9.17, 15) is 9.59 Å². The maximum Gasteiger partial charge on any atom is 0.320 e. The third-order valence-electron chi connectivity index (χ3n) is 3.93. The Morgan fingerprint density at radius 1 is 1.20 bits per heavy atom. The summed E-state index contributed by atoms with van der Waals surface area (Å²) in [5.74, 6) is 0.288. The van der Waals surface area contributed by atoms with Crippen LogP contribution in [0.4, 0.5) is 0 Å². The van der Waals surface area contributed by atoms with Crippen LogP contribution in [0.3, 0.4) is 0 Å². The van der Waals surface area contributed by atoms with Crippen molar-refractivity contribution in [2.75, 3.05) is 26.2 Å². The SMILES string of the molecule is CCOC(=O)CN(CC)CC(=O)NC1CCCCC1C. The minimum atomic E-state index is -0.270. The van der Waals surface area contributed by atoms with Crippen LogP contribution in [0.15, 0.2) is 0 Å². The molecule has 0 spiro atoms. The Balaban J connectivity index is 2.36. The third-order valence-corrected chi connectivity index (χ3v) is 3.93. The Kier molecular flexibility index (Phi) is 7.59. The molecule has 5 heteroatoms. The molecule has 1 fully saturated rings. The first-order valence-electron chi connectivity index (χ1n) is 7.74. The number of likely N-dealkylation sites (N-methyl/N-ethyl adjacent to an activating group) is 1. The Labute approximate surface area is 122 Å². The van der Waals surface area contributed by atoms with E-state index in [1.165, 1.54) is 19.3 Å². The summed E-state index contributed by atoms with van der Waals surface area (Å²) in [6.45, 7) is 7.40. The maximum atomic E-state index is 12.1. The van der Waals surface area contributed by atoms with Crippen molar-refractivity contribution >= 4 is 11.9 Å². The maximum absolute atomic E-state index is 12.1. The van der Waals surface area contributed by atoms with Gasteiger partial charge in [-0.05, 0) is 32.2 Å². The molecule has 5 nitrogen and oxygen atoms in total. The molecular formula is C15H28N2O3. The Morgan fingerprint density at radius 3 is 2.50 bits per heavy atom. The van der Waals surface area contributed by atoms with E-state index in [-0.39, 0.29) is 31.0 Å². The monoisotopic (exact) mass is 284 g/mol. The van der Waals surface area contributed by atoms with Gasteiger partial charge < -0.3 is 10.1 Å². The van der Waals surface area contributed by atoms with Gasteiger partial charge in [-0.25, -0.2) is 0 Å². The van der Waals surface area contributed by atoms with Crippen LogP contribution < -0.4 is 5.32 Å². The van der Waals surface area contributed by atoms with Gasteiger partial charge in [-0.15, -0.1) is 0 Å². The molecule has 0 heterocycles. The predicted molar refractivity (Wildman–Crippen MR) is 78.3 cm³/mol. The van der Waals surface area contributed by atoms with Crippen LogP contribution in [-0.2, 0) is 14.3 Å². The van der Waals surface area contributed by atoms with Crippen molar-refractivity contribution in [3.63, 3.8) is 0 Å². The third kappa shape index (κ3) is 5.90. The molecule has 0 aromatic heterocycles. The van der Waals surface area contributed by atoms with Crippen LogP contribution in [0.5, 0.6) is 0 Å². The van der Waals surface area contributed by atoms with Gasteiger partial charge in [0.1, 0.15) is 0 Å². The Morgan fingerprint density at radius 2 is 1.90 bits per heavy atom. The number of nitrogens with one attached hydrogen (secondary N) is 1. The molecule has 2 unspecified atom stereocenters. The van der Waals surface area contributed by atoms with Gasteiger partial charge in [-0.3, -0.25) is 14.5 Å². The number of ether oxygens (including phenoxy) is 1. The molecule has 116 valence electrons. The second-order valence-electron chi connectivity index (χ2n) is 5.54. The average Bonchev–Trinajstić information content (AvgIpc) is 2.41. The fourth-order valence-electron chi connectivity index (χ4n) is 2.65. The molecule has 1 aliphatic carbocycles. The van der Waals surface area contributed by atoms with E-state index in [1.807, 2.05) is 6.92 Å². The minimum Gasteiger partial charge on any atom is -0.465 e. The number of amides is 1. The Hall–Kier alpha value is -1.10. The van der Waals surface area contributed by atoms with E-state index in [2.05, 4.69) is 12.2 Å². The van der Waals surface area contributed by atoms with Crippen LogP contribution in [0.2, 0.25) is 0 Å². The molecule has 0 aromatic rings. The summed E-state index contributed by atoms with van der Waals surface area (Å²) in [7, 11) is 0. The molecule has 0 radical (unpaired) electrons. The van der Waals surface area contributed by atoms with Crippen LogP contribution in [-0.4, -0.2) is 49.1 Å². The molecule has 0 saturated heterocycles. The largest absolute Gasteiger partial charge is 0.465 e. The highest BCUT2D eigenvalue weighted by Crippen LogP contribution is 2.23. The lowest BCUT2D eigenvalue weighted by atomic mass is 9.86.